The van der Waals surface area contributed by atoms with E-state index in [1.54, 1.807) is 5.57 Å². The summed E-state index contributed by atoms with van der Waals surface area (Å²) >= 11 is 0. The number of fused-ring (bicyclic) bond motifs is 1. The second-order valence-electron chi connectivity index (χ2n) is 4.41. The van der Waals surface area contributed by atoms with Gasteiger partial charge in [-0.3, -0.25) is 0 Å². The Morgan fingerprint density at radius 2 is 2.27 bits per heavy atom. The first-order valence-electron chi connectivity index (χ1n) is 4.57. The summed E-state index contributed by atoms with van der Waals surface area (Å²) in [5.41, 5.74) is 2.19. The van der Waals surface area contributed by atoms with Crippen molar-refractivity contribution in [3.63, 3.8) is 0 Å². The Labute approximate surface area is 69.0 Å². The van der Waals surface area contributed by atoms with E-state index in [2.05, 4.69) is 32.1 Å². The molecule has 0 aliphatic heterocycles. The molecular formula is C11H16. The molecule has 60 valence electrons. The van der Waals surface area contributed by atoms with Gasteiger partial charge in [-0.1, -0.05) is 37.6 Å². The van der Waals surface area contributed by atoms with Crippen molar-refractivity contribution in [3.05, 3.63) is 23.8 Å². The Kier molecular flexibility index (Phi) is 1.45. The molecule has 0 saturated heterocycles. The summed E-state index contributed by atoms with van der Waals surface area (Å²) in [6.45, 7) is 4.75. The van der Waals surface area contributed by atoms with Gasteiger partial charge < -0.3 is 0 Å². The van der Waals surface area contributed by atoms with Crippen LogP contribution in [0.1, 0.15) is 33.1 Å². The fourth-order valence-corrected chi connectivity index (χ4v) is 2.41. The van der Waals surface area contributed by atoms with Crippen molar-refractivity contribution < 1.29 is 0 Å². The van der Waals surface area contributed by atoms with E-state index >= 15 is 0 Å². The SMILES string of the molecule is CC1(C)CCC2CC=CC=C21. The van der Waals surface area contributed by atoms with Crippen molar-refractivity contribution in [1.82, 2.24) is 0 Å². The highest BCUT2D eigenvalue weighted by atomic mass is 14.4. The third-order valence-electron chi connectivity index (χ3n) is 3.17. The molecule has 0 amide bonds. The van der Waals surface area contributed by atoms with E-state index in [0.717, 1.165) is 5.92 Å². The van der Waals surface area contributed by atoms with E-state index in [4.69, 9.17) is 0 Å². The minimum atomic E-state index is 0.495. The van der Waals surface area contributed by atoms with Crippen molar-refractivity contribution in [2.75, 3.05) is 0 Å². The molecule has 2 aliphatic carbocycles. The molecule has 0 spiro atoms. The summed E-state index contributed by atoms with van der Waals surface area (Å²) in [6, 6.07) is 0. The summed E-state index contributed by atoms with van der Waals surface area (Å²) in [5.74, 6) is 0.884. The van der Waals surface area contributed by atoms with E-state index < -0.39 is 0 Å². The zero-order valence-corrected chi connectivity index (χ0v) is 7.43. The Balaban J connectivity index is 2.33. The van der Waals surface area contributed by atoms with E-state index in [9.17, 15) is 0 Å². The topological polar surface area (TPSA) is 0 Å². The molecular weight excluding hydrogens is 132 g/mol. The summed E-state index contributed by atoms with van der Waals surface area (Å²) < 4.78 is 0. The average molecular weight is 148 g/mol. The normalized spacial score (nSPS) is 33.3. The molecule has 0 aromatic heterocycles. The zero-order valence-electron chi connectivity index (χ0n) is 7.43. The first kappa shape index (κ1) is 7.15. The second-order valence-corrected chi connectivity index (χ2v) is 4.41. The molecule has 0 heteroatoms. The van der Waals surface area contributed by atoms with Gasteiger partial charge in [0.25, 0.3) is 0 Å². The Hall–Kier alpha value is -0.520. The summed E-state index contributed by atoms with van der Waals surface area (Å²) in [6.07, 6.45) is 10.9. The smallest absolute Gasteiger partial charge is 0.0138 e. The Bertz CT molecular complexity index is 218. The number of rotatable bonds is 0. The highest BCUT2D eigenvalue weighted by Gasteiger charge is 2.35. The quantitative estimate of drug-likeness (QED) is 0.494. The molecule has 0 bridgehead atoms. The lowest BCUT2D eigenvalue weighted by molar-refractivity contribution is 0.460. The summed E-state index contributed by atoms with van der Waals surface area (Å²) in [5, 5.41) is 0. The molecule has 1 saturated carbocycles. The minimum absolute atomic E-state index is 0.495. The van der Waals surface area contributed by atoms with Crippen LogP contribution in [-0.2, 0) is 0 Å². The van der Waals surface area contributed by atoms with Crippen LogP contribution in [0.3, 0.4) is 0 Å². The molecule has 0 N–H and O–H groups in total. The Morgan fingerprint density at radius 3 is 3.00 bits per heavy atom. The van der Waals surface area contributed by atoms with Gasteiger partial charge in [-0.2, -0.15) is 0 Å². The van der Waals surface area contributed by atoms with Crippen LogP contribution in [0.5, 0.6) is 0 Å². The molecule has 0 radical (unpaired) electrons. The van der Waals surface area contributed by atoms with Crippen LogP contribution >= 0.6 is 0 Å². The van der Waals surface area contributed by atoms with Gasteiger partial charge in [0.1, 0.15) is 0 Å². The molecule has 0 aromatic carbocycles. The molecule has 2 rings (SSSR count). The van der Waals surface area contributed by atoms with Crippen LogP contribution in [0.15, 0.2) is 23.8 Å². The van der Waals surface area contributed by atoms with Crippen LogP contribution in [0.4, 0.5) is 0 Å². The maximum atomic E-state index is 2.37. The van der Waals surface area contributed by atoms with Crippen molar-refractivity contribution >= 4 is 0 Å². The second kappa shape index (κ2) is 2.23. The van der Waals surface area contributed by atoms with E-state index in [1.165, 1.54) is 19.3 Å². The lowest BCUT2D eigenvalue weighted by Gasteiger charge is -2.23. The first-order valence-corrected chi connectivity index (χ1v) is 4.57. The fourth-order valence-electron chi connectivity index (χ4n) is 2.41. The van der Waals surface area contributed by atoms with Crippen LogP contribution in [0.25, 0.3) is 0 Å². The molecule has 2 aliphatic rings. The van der Waals surface area contributed by atoms with Gasteiger partial charge in [0.2, 0.25) is 0 Å². The Morgan fingerprint density at radius 1 is 1.45 bits per heavy atom. The van der Waals surface area contributed by atoms with Crippen LogP contribution < -0.4 is 0 Å². The van der Waals surface area contributed by atoms with Gasteiger partial charge in [0.05, 0.1) is 0 Å². The predicted octanol–water partition coefficient (Wildman–Crippen LogP) is 3.31. The third-order valence-corrected chi connectivity index (χ3v) is 3.17. The maximum Gasteiger partial charge on any atom is -0.0138 e. The lowest BCUT2D eigenvalue weighted by Crippen LogP contribution is -2.11. The van der Waals surface area contributed by atoms with Gasteiger partial charge in [-0.25, -0.2) is 0 Å². The fraction of sp³-hybridized carbons (Fsp3) is 0.636. The van der Waals surface area contributed by atoms with Gasteiger partial charge in [-0.05, 0) is 30.6 Å². The first-order chi connectivity index (χ1) is 5.20. The van der Waals surface area contributed by atoms with Crippen molar-refractivity contribution in [3.8, 4) is 0 Å². The van der Waals surface area contributed by atoms with Crippen LogP contribution in [0, 0.1) is 11.3 Å². The molecule has 11 heavy (non-hydrogen) atoms. The third kappa shape index (κ3) is 1.05. The van der Waals surface area contributed by atoms with Crippen molar-refractivity contribution in [1.29, 1.82) is 0 Å². The number of hydrogen-bond acceptors (Lipinski definition) is 0. The zero-order chi connectivity index (χ0) is 7.90. The van der Waals surface area contributed by atoms with E-state index in [1.807, 2.05) is 0 Å². The molecule has 0 aromatic rings. The van der Waals surface area contributed by atoms with Crippen molar-refractivity contribution in [2.45, 2.75) is 33.1 Å². The number of allylic oxidation sites excluding steroid dienone is 4. The van der Waals surface area contributed by atoms with Gasteiger partial charge >= 0.3 is 0 Å². The van der Waals surface area contributed by atoms with E-state index in [-0.39, 0.29) is 0 Å². The van der Waals surface area contributed by atoms with E-state index in [0.29, 0.717) is 5.41 Å². The molecule has 0 nitrogen and oxygen atoms in total. The molecule has 0 heterocycles. The van der Waals surface area contributed by atoms with Crippen molar-refractivity contribution in [2.24, 2.45) is 11.3 Å². The van der Waals surface area contributed by atoms with Crippen LogP contribution in [0.2, 0.25) is 0 Å². The minimum Gasteiger partial charge on any atom is -0.0839 e. The predicted molar refractivity (Wildman–Crippen MR) is 48.3 cm³/mol. The highest BCUT2D eigenvalue weighted by molar-refractivity contribution is 5.29. The lowest BCUT2D eigenvalue weighted by atomic mass is 9.82. The van der Waals surface area contributed by atoms with Gasteiger partial charge in [0.15, 0.2) is 0 Å². The molecule has 1 unspecified atom stereocenters. The van der Waals surface area contributed by atoms with Crippen LogP contribution in [-0.4, -0.2) is 0 Å². The van der Waals surface area contributed by atoms with Gasteiger partial charge in [0, 0.05) is 0 Å². The monoisotopic (exact) mass is 148 g/mol. The summed E-state index contributed by atoms with van der Waals surface area (Å²) in [4.78, 5) is 0. The largest absolute Gasteiger partial charge is 0.0839 e. The maximum absolute atomic E-state index is 2.37. The average Bonchev–Trinajstić information content (AvgIpc) is 2.29. The summed E-state index contributed by atoms with van der Waals surface area (Å²) in [7, 11) is 0. The standard InChI is InChI=1S/C11H16/c1-11(2)8-7-9-5-3-4-6-10(9)11/h3-4,6,9H,5,7-8H2,1-2H3. The van der Waals surface area contributed by atoms with Gasteiger partial charge in [-0.15, -0.1) is 0 Å². The molecule has 1 atom stereocenters. The highest BCUT2D eigenvalue weighted by Crippen LogP contribution is 2.48. The molecule has 1 fully saturated rings. The number of hydrogen-bond donors (Lipinski definition) is 0.